The number of nitrogens with one attached hydrogen (secondary N) is 2. The van der Waals surface area contributed by atoms with Crippen molar-refractivity contribution < 1.29 is 13.6 Å². The Morgan fingerprint density at radius 3 is 2.50 bits per heavy atom. The zero-order chi connectivity index (χ0) is 17.3. The van der Waals surface area contributed by atoms with E-state index in [2.05, 4.69) is 36.3 Å². The Balaban J connectivity index is 2.06. The Bertz CT molecular complexity index is 746. The predicted octanol–water partition coefficient (Wildman–Crippen LogP) is 4.60. The standard InChI is InChI=1S/C18H27N2O3P/c1-5-22-24(21,23-6-2)16-11-14-13-9-7-8-10-15(13)19-18(14)17(20-16)12(3)4/h7-10,12,16-17,19-20H,5-6,11H2,1-4H3. The van der Waals surface area contributed by atoms with E-state index >= 15 is 0 Å². The van der Waals surface area contributed by atoms with E-state index in [-0.39, 0.29) is 11.8 Å². The van der Waals surface area contributed by atoms with Crippen LogP contribution in [-0.2, 0) is 20.0 Å². The molecular formula is C18H27N2O3P. The van der Waals surface area contributed by atoms with Crippen LogP contribution in [0.3, 0.4) is 0 Å². The molecule has 24 heavy (non-hydrogen) atoms. The number of rotatable bonds is 6. The van der Waals surface area contributed by atoms with Gasteiger partial charge in [-0.3, -0.25) is 9.88 Å². The minimum atomic E-state index is -3.21. The Morgan fingerprint density at radius 2 is 1.88 bits per heavy atom. The fourth-order valence-corrected chi connectivity index (χ4v) is 5.46. The molecule has 6 heteroatoms. The van der Waals surface area contributed by atoms with Crippen molar-refractivity contribution in [2.45, 2.75) is 45.9 Å². The molecule has 2 aromatic rings. The third-order valence-corrected chi connectivity index (χ3v) is 6.92. The van der Waals surface area contributed by atoms with Gasteiger partial charge in [-0.1, -0.05) is 32.0 Å². The van der Waals surface area contributed by atoms with Crippen molar-refractivity contribution in [1.82, 2.24) is 10.3 Å². The van der Waals surface area contributed by atoms with E-state index in [9.17, 15) is 4.57 Å². The van der Waals surface area contributed by atoms with E-state index in [0.717, 1.165) is 5.52 Å². The average Bonchev–Trinajstić information content (AvgIpc) is 2.93. The van der Waals surface area contributed by atoms with Crippen molar-refractivity contribution in [3.05, 3.63) is 35.5 Å². The Labute approximate surface area is 143 Å². The molecular weight excluding hydrogens is 323 g/mol. The van der Waals surface area contributed by atoms with Gasteiger partial charge in [-0.05, 0) is 31.4 Å². The van der Waals surface area contributed by atoms with Crippen LogP contribution in [0.15, 0.2) is 24.3 Å². The van der Waals surface area contributed by atoms with E-state index in [0.29, 0.717) is 25.6 Å². The Hall–Kier alpha value is -1.13. The molecule has 1 aliphatic heterocycles. The molecule has 1 aromatic heterocycles. The quantitative estimate of drug-likeness (QED) is 0.747. The van der Waals surface area contributed by atoms with Crippen LogP contribution < -0.4 is 5.32 Å². The lowest BCUT2D eigenvalue weighted by molar-refractivity contribution is 0.199. The van der Waals surface area contributed by atoms with Crippen LogP contribution in [-0.4, -0.2) is 24.0 Å². The van der Waals surface area contributed by atoms with Gasteiger partial charge in [0.1, 0.15) is 5.78 Å². The van der Waals surface area contributed by atoms with E-state index < -0.39 is 7.60 Å². The largest absolute Gasteiger partial charge is 0.357 e. The highest BCUT2D eigenvalue weighted by Gasteiger charge is 2.42. The summed E-state index contributed by atoms with van der Waals surface area (Å²) in [7, 11) is -3.21. The molecule has 2 N–H and O–H groups in total. The third-order valence-electron chi connectivity index (χ3n) is 4.59. The first-order valence-electron chi connectivity index (χ1n) is 8.74. The first kappa shape index (κ1) is 17.7. The Kier molecular flexibility index (Phi) is 5.16. The fourth-order valence-electron chi connectivity index (χ4n) is 3.56. The molecule has 2 unspecified atom stereocenters. The van der Waals surface area contributed by atoms with E-state index in [4.69, 9.17) is 9.05 Å². The summed E-state index contributed by atoms with van der Waals surface area (Å²) < 4.78 is 24.5. The van der Waals surface area contributed by atoms with Gasteiger partial charge < -0.3 is 14.0 Å². The summed E-state index contributed by atoms with van der Waals surface area (Å²) in [5, 5.41) is 4.73. The molecule has 3 rings (SSSR count). The van der Waals surface area contributed by atoms with Gasteiger partial charge in [0, 0.05) is 23.0 Å². The van der Waals surface area contributed by atoms with Gasteiger partial charge in [0.15, 0.2) is 0 Å². The Morgan fingerprint density at radius 1 is 1.21 bits per heavy atom. The summed E-state index contributed by atoms with van der Waals surface area (Å²) in [6.07, 6.45) is 0.639. The summed E-state index contributed by atoms with van der Waals surface area (Å²) in [5.41, 5.74) is 3.55. The summed E-state index contributed by atoms with van der Waals surface area (Å²) in [6.45, 7) is 8.80. The van der Waals surface area contributed by atoms with Crippen LogP contribution >= 0.6 is 7.60 Å². The molecule has 0 saturated carbocycles. The molecule has 0 amide bonds. The number of para-hydroxylation sites is 1. The van der Waals surface area contributed by atoms with Crippen molar-refractivity contribution >= 4 is 18.5 Å². The van der Waals surface area contributed by atoms with Crippen molar-refractivity contribution in [2.24, 2.45) is 5.92 Å². The molecule has 0 saturated heterocycles. The molecule has 1 aromatic carbocycles. The monoisotopic (exact) mass is 350 g/mol. The highest BCUT2D eigenvalue weighted by atomic mass is 31.2. The molecule has 132 valence electrons. The molecule has 0 fully saturated rings. The second-order valence-corrected chi connectivity index (χ2v) is 8.77. The van der Waals surface area contributed by atoms with Gasteiger partial charge in [0.25, 0.3) is 0 Å². The number of benzene rings is 1. The summed E-state index contributed by atoms with van der Waals surface area (Å²) in [4.78, 5) is 3.55. The summed E-state index contributed by atoms with van der Waals surface area (Å²) in [5.74, 6) is 0.0350. The minimum Gasteiger partial charge on any atom is -0.357 e. The first-order valence-corrected chi connectivity index (χ1v) is 10.4. The van der Waals surface area contributed by atoms with Crippen LogP contribution in [0.4, 0.5) is 0 Å². The molecule has 0 aliphatic carbocycles. The predicted molar refractivity (Wildman–Crippen MR) is 97.4 cm³/mol. The lowest BCUT2D eigenvalue weighted by atomic mass is 9.92. The lowest BCUT2D eigenvalue weighted by Gasteiger charge is -2.36. The number of hydrogen-bond donors (Lipinski definition) is 2. The van der Waals surface area contributed by atoms with Gasteiger partial charge in [0.2, 0.25) is 0 Å². The highest BCUT2D eigenvalue weighted by molar-refractivity contribution is 7.54. The molecule has 2 heterocycles. The molecule has 2 atom stereocenters. The fraction of sp³-hybridized carbons (Fsp3) is 0.556. The zero-order valence-electron chi connectivity index (χ0n) is 14.8. The number of aromatic nitrogens is 1. The SMILES string of the molecule is CCOP(=O)(OCC)C1Cc2c([nH]c3ccccc23)C(C(C)C)N1. The van der Waals surface area contributed by atoms with Crippen LogP contribution in [0.1, 0.15) is 45.0 Å². The normalized spacial score (nSPS) is 21.4. The second kappa shape index (κ2) is 7.01. The van der Waals surface area contributed by atoms with E-state index in [1.165, 1.54) is 16.6 Å². The number of hydrogen-bond acceptors (Lipinski definition) is 4. The van der Waals surface area contributed by atoms with Crippen molar-refractivity contribution in [2.75, 3.05) is 13.2 Å². The van der Waals surface area contributed by atoms with Gasteiger partial charge in [0.05, 0.1) is 19.3 Å². The minimum absolute atomic E-state index is 0.0976. The van der Waals surface area contributed by atoms with E-state index in [1.807, 2.05) is 26.0 Å². The number of aromatic amines is 1. The maximum absolute atomic E-state index is 13.3. The van der Waals surface area contributed by atoms with Crippen molar-refractivity contribution in [3.63, 3.8) is 0 Å². The van der Waals surface area contributed by atoms with Crippen molar-refractivity contribution in [3.8, 4) is 0 Å². The highest BCUT2D eigenvalue weighted by Crippen LogP contribution is 2.55. The first-order chi connectivity index (χ1) is 11.5. The lowest BCUT2D eigenvalue weighted by Crippen LogP contribution is -2.42. The second-order valence-electron chi connectivity index (χ2n) is 6.55. The molecule has 0 radical (unpaired) electrons. The van der Waals surface area contributed by atoms with Crippen LogP contribution in [0.5, 0.6) is 0 Å². The van der Waals surface area contributed by atoms with Gasteiger partial charge in [-0.15, -0.1) is 0 Å². The molecule has 0 bridgehead atoms. The average molecular weight is 350 g/mol. The van der Waals surface area contributed by atoms with Gasteiger partial charge in [-0.25, -0.2) is 0 Å². The number of H-pyrrole nitrogens is 1. The smallest absolute Gasteiger partial charge is 0.347 e. The molecule has 5 nitrogen and oxygen atoms in total. The van der Waals surface area contributed by atoms with Crippen LogP contribution in [0, 0.1) is 5.92 Å². The third kappa shape index (κ3) is 3.06. The van der Waals surface area contributed by atoms with Crippen LogP contribution in [0.2, 0.25) is 0 Å². The van der Waals surface area contributed by atoms with Crippen LogP contribution in [0.25, 0.3) is 10.9 Å². The zero-order valence-corrected chi connectivity index (χ0v) is 15.7. The van der Waals surface area contributed by atoms with E-state index in [1.54, 1.807) is 0 Å². The maximum Gasteiger partial charge on any atom is 0.347 e. The molecule has 0 spiro atoms. The topological polar surface area (TPSA) is 63.4 Å². The van der Waals surface area contributed by atoms with Gasteiger partial charge >= 0.3 is 7.60 Å². The maximum atomic E-state index is 13.3. The van der Waals surface area contributed by atoms with Gasteiger partial charge in [-0.2, -0.15) is 0 Å². The summed E-state index contributed by atoms with van der Waals surface area (Å²) >= 11 is 0. The van der Waals surface area contributed by atoms with Crippen molar-refractivity contribution in [1.29, 1.82) is 0 Å². The molecule has 1 aliphatic rings. The number of fused-ring (bicyclic) bond motifs is 3. The summed E-state index contributed by atoms with van der Waals surface area (Å²) in [6, 6.07) is 8.38.